The molecule has 0 radical (unpaired) electrons. The van der Waals surface area contributed by atoms with E-state index < -0.39 is 35.3 Å². The van der Waals surface area contributed by atoms with Gasteiger partial charge in [0.25, 0.3) is 11.8 Å². The van der Waals surface area contributed by atoms with Crippen molar-refractivity contribution in [3.05, 3.63) is 87.2 Å². The Morgan fingerprint density at radius 3 is 1.41 bits per heavy atom. The molecule has 34 heavy (non-hydrogen) atoms. The van der Waals surface area contributed by atoms with Crippen LogP contribution in [0.2, 0.25) is 10.0 Å². The highest BCUT2D eigenvalue weighted by Crippen LogP contribution is 2.35. The van der Waals surface area contributed by atoms with Crippen molar-refractivity contribution >= 4 is 46.4 Å². The van der Waals surface area contributed by atoms with Gasteiger partial charge in [-0.1, -0.05) is 29.3 Å². The molecule has 0 saturated carbocycles. The van der Waals surface area contributed by atoms with Crippen molar-refractivity contribution in [2.24, 2.45) is 0 Å². The van der Waals surface area contributed by atoms with Crippen LogP contribution in [0.25, 0.3) is 0 Å². The van der Waals surface area contributed by atoms with Crippen LogP contribution in [0.15, 0.2) is 54.6 Å². The van der Waals surface area contributed by atoms with Crippen LogP contribution >= 0.6 is 23.2 Å². The van der Waals surface area contributed by atoms with E-state index in [4.69, 9.17) is 23.2 Å². The van der Waals surface area contributed by atoms with Crippen LogP contribution in [0.1, 0.15) is 32.1 Å². The van der Waals surface area contributed by atoms with Gasteiger partial charge in [-0.25, -0.2) is 4.98 Å². The highest BCUT2D eigenvalue weighted by atomic mass is 35.5. The number of amides is 2. The number of anilines is 2. The number of carbonyl (C=O) groups is 2. The minimum absolute atomic E-state index is 0.172. The molecule has 0 aliphatic carbocycles. The van der Waals surface area contributed by atoms with Crippen LogP contribution in [-0.2, 0) is 12.4 Å². The first-order valence-corrected chi connectivity index (χ1v) is 9.84. The standard InChI is InChI=1S/C21H11Cl2F6N3O2/c22-12-6-4-10(20(24,25)26)8-16(12)31-18(33)14-2-1-3-15(30-14)19(34)32-17-9-11(21(27,28)29)5-7-13(17)23/h1-9H,(H,31,33)(H,32,34). The summed E-state index contributed by atoms with van der Waals surface area (Å²) >= 11 is 11.7. The monoisotopic (exact) mass is 521 g/mol. The molecule has 0 spiro atoms. The zero-order valence-corrected chi connectivity index (χ0v) is 18.0. The average Bonchev–Trinajstić information content (AvgIpc) is 2.75. The number of halogens is 8. The van der Waals surface area contributed by atoms with Crippen molar-refractivity contribution in [1.29, 1.82) is 0 Å². The average molecular weight is 522 g/mol. The number of nitrogens with one attached hydrogen (secondary N) is 2. The highest BCUT2D eigenvalue weighted by molar-refractivity contribution is 6.34. The third-order valence-electron chi connectivity index (χ3n) is 4.30. The van der Waals surface area contributed by atoms with Gasteiger partial charge in [0, 0.05) is 0 Å². The summed E-state index contributed by atoms with van der Waals surface area (Å²) in [5.41, 5.74) is -3.51. The lowest BCUT2D eigenvalue weighted by Gasteiger charge is -2.12. The molecule has 0 aliphatic heterocycles. The molecule has 3 aromatic rings. The van der Waals surface area contributed by atoms with Gasteiger partial charge < -0.3 is 10.6 Å². The van der Waals surface area contributed by atoms with Gasteiger partial charge in [0.1, 0.15) is 11.4 Å². The summed E-state index contributed by atoms with van der Waals surface area (Å²) in [4.78, 5) is 28.8. The van der Waals surface area contributed by atoms with Gasteiger partial charge >= 0.3 is 12.4 Å². The maximum absolute atomic E-state index is 12.9. The first kappa shape index (κ1) is 25.3. The fourth-order valence-electron chi connectivity index (χ4n) is 2.66. The van der Waals surface area contributed by atoms with Crippen LogP contribution in [0.4, 0.5) is 37.7 Å². The Bertz CT molecular complexity index is 1170. The van der Waals surface area contributed by atoms with Crippen molar-refractivity contribution in [3.8, 4) is 0 Å². The molecule has 0 aliphatic rings. The molecule has 1 aromatic heterocycles. The minimum Gasteiger partial charge on any atom is -0.319 e. The summed E-state index contributed by atoms with van der Waals surface area (Å²) in [5.74, 6) is -1.96. The molecular weight excluding hydrogens is 511 g/mol. The van der Waals surface area contributed by atoms with Crippen LogP contribution in [0, 0.1) is 0 Å². The van der Waals surface area contributed by atoms with Gasteiger partial charge in [-0.3, -0.25) is 9.59 Å². The molecule has 0 unspecified atom stereocenters. The van der Waals surface area contributed by atoms with Crippen molar-refractivity contribution < 1.29 is 35.9 Å². The number of hydrogen-bond donors (Lipinski definition) is 2. The maximum atomic E-state index is 12.9. The summed E-state index contributed by atoms with van der Waals surface area (Å²) in [5, 5.41) is 4.01. The lowest BCUT2D eigenvalue weighted by atomic mass is 10.2. The molecule has 1 heterocycles. The fourth-order valence-corrected chi connectivity index (χ4v) is 2.98. The Balaban J connectivity index is 1.82. The molecule has 2 N–H and O–H groups in total. The highest BCUT2D eigenvalue weighted by Gasteiger charge is 2.32. The smallest absolute Gasteiger partial charge is 0.319 e. The van der Waals surface area contributed by atoms with Crippen LogP contribution < -0.4 is 10.6 Å². The van der Waals surface area contributed by atoms with Crippen molar-refractivity contribution in [2.75, 3.05) is 10.6 Å². The van der Waals surface area contributed by atoms with Gasteiger partial charge in [0.15, 0.2) is 0 Å². The molecule has 2 aromatic carbocycles. The predicted molar refractivity (Wildman–Crippen MR) is 113 cm³/mol. The lowest BCUT2D eigenvalue weighted by molar-refractivity contribution is -0.138. The van der Waals surface area contributed by atoms with E-state index in [9.17, 15) is 35.9 Å². The van der Waals surface area contributed by atoms with E-state index in [1.54, 1.807) is 0 Å². The molecule has 5 nitrogen and oxygen atoms in total. The molecule has 0 atom stereocenters. The van der Waals surface area contributed by atoms with E-state index in [1.807, 2.05) is 0 Å². The van der Waals surface area contributed by atoms with Crippen LogP contribution in [0.3, 0.4) is 0 Å². The zero-order valence-electron chi connectivity index (χ0n) is 16.5. The van der Waals surface area contributed by atoms with Crippen LogP contribution in [-0.4, -0.2) is 16.8 Å². The number of hydrogen-bond acceptors (Lipinski definition) is 3. The SMILES string of the molecule is O=C(Nc1cc(C(F)(F)F)ccc1Cl)c1cccc(C(=O)Nc2cc(C(F)(F)F)ccc2Cl)n1. The molecule has 0 bridgehead atoms. The number of carbonyl (C=O) groups excluding carboxylic acids is 2. The van der Waals surface area contributed by atoms with Crippen molar-refractivity contribution in [1.82, 2.24) is 4.98 Å². The summed E-state index contributed by atoms with van der Waals surface area (Å²) in [6.07, 6.45) is -9.35. The first-order valence-electron chi connectivity index (χ1n) is 9.09. The number of nitrogens with zero attached hydrogens (tertiary/aromatic N) is 1. The quantitative estimate of drug-likeness (QED) is 0.365. The van der Waals surface area contributed by atoms with E-state index in [0.29, 0.717) is 12.1 Å². The molecule has 2 amide bonds. The topological polar surface area (TPSA) is 71.1 Å². The van der Waals surface area contributed by atoms with Crippen LogP contribution in [0.5, 0.6) is 0 Å². The number of aromatic nitrogens is 1. The normalized spacial score (nSPS) is 11.8. The fraction of sp³-hybridized carbons (Fsp3) is 0.0952. The number of rotatable bonds is 4. The largest absolute Gasteiger partial charge is 0.416 e. The lowest BCUT2D eigenvalue weighted by Crippen LogP contribution is -2.19. The molecule has 0 fully saturated rings. The van der Waals surface area contributed by atoms with E-state index in [0.717, 1.165) is 24.3 Å². The Kier molecular flexibility index (Phi) is 7.08. The summed E-state index contributed by atoms with van der Waals surface area (Å²) in [7, 11) is 0. The van der Waals surface area contributed by atoms with E-state index >= 15 is 0 Å². The molecule has 178 valence electrons. The molecule has 0 saturated heterocycles. The third-order valence-corrected chi connectivity index (χ3v) is 4.96. The van der Waals surface area contributed by atoms with Gasteiger partial charge in [-0.05, 0) is 48.5 Å². The number of alkyl halides is 6. The predicted octanol–water partition coefficient (Wildman–Crippen LogP) is 6.93. The summed E-state index contributed by atoms with van der Waals surface area (Å²) < 4.78 is 77.5. The second-order valence-corrected chi connectivity index (χ2v) is 7.52. The molecule has 3 rings (SSSR count). The Labute approximate surface area is 197 Å². The second kappa shape index (κ2) is 9.51. The van der Waals surface area contributed by atoms with E-state index in [-0.39, 0.29) is 32.8 Å². The summed E-state index contributed by atoms with van der Waals surface area (Å²) in [6.45, 7) is 0. The van der Waals surface area contributed by atoms with Gasteiger partial charge in [-0.2, -0.15) is 26.3 Å². The van der Waals surface area contributed by atoms with Gasteiger partial charge in [-0.15, -0.1) is 0 Å². The number of pyridine rings is 1. The van der Waals surface area contributed by atoms with Crippen molar-refractivity contribution in [2.45, 2.75) is 12.4 Å². The second-order valence-electron chi connectivity index (χ2n) is 6.70. The Morgan fingerprint density at radius 2 is 1.06 bits per heavy atom. The first-order chi connectivity index (χ1) is 15.8. The van der Waals surface area contributed by atoms with Gasteiger partial charge in [0.2, 0.25) is 0 Å². The van der Waals surface area contributed by atoms with E-state index in [2.05, 4.69) is 15.6 Å². The zero-order chi connectivity index (χ0) is 25.3. The van der Waals surface area contributed by atoms with E-state index in [1.165, 1.54) is 18.2 Å². The Morgan fingerprint density at radius 1 is 0.676 bits per heavy atom. The summed E-state index contributed by atoms with van der Waals surface area (Å²) in [6, 6.07) is 8.24. The minimum atomic E-state index is -4.68. The molecular formula is C21H11Cl2F6N3O2. The number of benzene rings is 2. The maximum Gasteiger partial charge on any atom is 0.416 e. The molecule has 13 heteroatoms. The third kappa shape index (κ3) is 5.97. The Hall–Kier alpha value is -3.31. The van der Waals surface area contributed by atoms with Gasteiger partial charge in [0.05, 0.1) is 32.5 Å². The van der Waals surface area contributed by atoms with Crippen molar-refractivity contribution in [3.63, 3.8) is 0 Å².